The van der Waals surface area contributed by atoms with Gasteiger partial charge < -0.3 is 25.0 Å². The number of para-hydroxylation sites is 1. The predicted molar refractivity (Wildman–Crippen MR) is 196 cm³/mol. The van der Waals surface area contributed by atoms with Crippen LogP contribution in [-0.4, -0.2) is 60.1 Å². The van der Waals surface area contributed by atoms with Crippen LogP contribution in [0.3, 0.4) is 0 Å². The number of fused-ring (bicyclic) bond motifs is 1. The summed E-state index contributed by atoms with van der Waals surface area (Å²) >= 11 is 12.1. The molecule has 15 heteroatoms. The highest BCUT2D eigenvalue weighted by Gasteiger charge is 2.33. The summed E-state index contributed by atoms with van der Waals surface area (Å²) in [6.07, 6.45) is 4.23. The zero-order valence-corrected chi connectivity index (χ0v) is 30.2. The van der Waals surface area contributed by atoms with Crippen molar-refractivity contribution in [1.29, 1.82) is 0 Å². The SMILES string of the molecule is Cc1cc(C(C(=O)NCc2ccccc2)N(CCCCCCNC(=O)c2cccc(S(=O)(=O)Nc3cccc4c(Cl)c[nH]c34)c2)C(=O)CCl)no1. The van der Waals surface area contributed by atoms with E-state index in [1.54, 1.807) is 43.5 Å². The molecule has 4 N–H and O–H groups in total. The average molecular weight is 754 g/mol. The van der Waals surface area contributed by atoms with Crippen LogP contribution in [0.2, 0.25) is 5.02 Å². The number of nitrogens with one attached hydrogen (secondary N) is 4. The van der Waals surface area contributed by atoms with Crippen molar-refractivity contribution in [2.24, 2.45) is 0 Å². The summed E-state index contributed by atoms with van der Waals surface area (Å²) in [7, 11) is -4.01. The number of hydrogen-bond acceptors (Lipinski definition) is 7. The van der Waals surface area contributed by atoms with Gasteiger partial charge in [-0.3, -0.25) is 19.1 Å². The third-order valence-corrected chi connectivity index (χ3v) is 10.1. The fourth-order valence-corrected chi connectivity index (χ4v) is 7.07. The van der Waals surface area contributed by atoms with Crippen LogP contribution in [0.4, 0.5) is 5.69 Å². The second-order valence-electron chi connectivity index (χ2n) is 11.9. The molecule has 0 saturated carbocycles. The molecule has 0 spiro atoms. The molecule has 1 unspecified atom stereocenters. The van der Waals surface area contributed by atoms with Gasteiger partial charge in [-0.2, -0.15) is 0 Å². The maximum atomic E-state index is 13.4. The van der Waals surface area contributed by atoms with Crippen LogP contribution in [0.25, 0.3) is 10.9 Å². The Morgan fingerprint density at radius 1 is 0.941 bits per heavy atom. The van der Waals surface area contributed by atoms with Gasteiger partial charge in [-0.25, -0.2) is 8.42 Å². The number of alkyl halides is 1. The minimum absolute atomic E-state index is 0.0614. The number of hydrogen-bond donors (Lipinski definition) is 4. The fourth-order valence-electron chi connectivity index (χ4n) is 5.58. The molecule has 0 fully saturated rings. The topological polar surface area (TPSA) is 166 Å². The van der Waals surface area contributed by atoms with Gasteiger partial charge >= 0.3 is 0 Å². The molecule has 0 aliphatic heterocycles. The predicted octanol–water partition coefficient (Wildman–Crippen LogP) is 6.33. The minimum Gasteiger partial charge on any atom is -0.361 e. The zero-order valence-electron chi connectivity index (χ0n) is 27.8. The monoisotopic (exact) mass is 752 g/mol. The van der Waals surface area contributed by atoms with Gasteiger partial charge in [0, 0.05) is 42.8 Å². The zero-order chi connectivity index (χ0) is 36.4. The molecular weight excluding hydrogens is 715 g/mol. The van der Waals surface area contributed by atoms with E-state index in [1.807, 2.05) is 30.3 Å². The number of sulfonamides is 1. The first-order valence-electron chi connectivity index (χ1n) is 16.3. The molecule has 268 valence electrons. The number of H-pyrrole nitrogens is 1. The standard InChI is InChI=1S/C36H38Cl2N6O6S/c1-24-19-31(42-50-24)34(36(47)41-22-25-11-5-4-6-12-25)44(32(45)21-37)18-8-3-2-7-17-39-35(46)26-13-9-14-27(20-26)51(48,49)43-30-16-10-15-28-29(38)23-40-33(28)30/h4-6,9-16,19-20,23,34,40,43H,2-3,7-8,17-18,21-22H2,1H3,(H,39,46)(H,41,47). The number of carbonyl (C=O) groups is 3. The van der Waals surface area contributed by atoms with Gasteiger partial charge in [0.25, 0.3) is 15.9 Å². The number of nitrogens with zero attached hydrogens (tertiary/aromatic N) is 2. The lowest BCUT2D eigenvalue weighted by Crippen LogP contribution is -2.44. The van der Waals surface area contributed by atoms with Gasteiger partial charge in [0.15, 0.2) is 6.04 Å². The van der Waals surface area contributed by atoms with E-state index in [0.717, 1.165) is 12.0 Å². The van der Waals surface area contributed by atoms with Crippen molar-refractivity contribution < 1.29 is 27.3 Å². The molecule has 5 rings (SSSR count). The van der Waals surface area contributed by atoms with E-state index in [2.05, 4.69) is 25.5 Å². The summed E-state index contributed by atoms with van der Waals surface area (Å²) in [5, 5.41) is 10.9. The van der Waals surface area contributed by atoms with Crippen molar-refractivity contribution in [3.63, 3.8) is 0 Å². The first kappa shape index (κ1) is 37.4. The Labute approximate surface area is 305 Å². The number of unbranched alkanes of at least 4 members (excludes halogenated alkanes) is 3. The number of aromatic amines is 1. The summed E-state index contributed by atoms with van der Waals surface area (Å²) < 4.78 is 34.2. The molecule has 0 aliphatic carbocycles. The van der Waals surface area contributed by atoms with Crippen LogP contribution in [-0.2, 0) is 26.2 Å². The van der Waals surface area contributed by atoms with Gasteiger partial charge in [-0.05, 0) is 49.6 Å². The lowest BCUT2D eigenvalue weighted by atomic mass is 10.1. The number of benzene rings is 3. The van der Waals surface area contributed by atoms with Gasteiger partial charge in [-0.1, -0.05) is 78.1 Å². The summed E-state index contributed by atoms with van der Waals surface area (Å²) in [6.45, 7) is 2.60. The van der Waals surface area contributed by atoms with Crippen molar-refractivity contribution >= 4 is 67.5 Å². The van der Waals surface area contributed by atoms with Gasteiger partial charge in [0.05, 0.1) is 21.1 Å². The molecule has 0 aliphatic rings. The van der Waals surface area contributed by atoms with Crippen LogP contribution in [0.15, 0.2) is 94.5 Å². The number of carbonyl (C=O) groups excluding carboxylic acids is 3. The highest BCUT2D eigenvalue weighted by molar-refractivity contribution is 7.92. The third kappa shape index (κ3) is 9.69. The molecule has 0 saturated heterocycles. The molecule has 3 aromatic carbocycles. The number of aromatic nitrogens is 2. The van der Waals surface area contributed by atoms with Crippen LogP contribution >= 0.6 is 23.2 Å². The van der Waals surface area contributed by atoms with Gasteiger partial charge in [-0.15, -0.1) is 11.6 Å². The van der Waals surface area contributed by atoms with Crippen molar-refractivity contribution in [2.45, 2.75) is 50.1 Å². The summed E-state index contributed by atoms with van der Waals surface area (Å²) in [5.41, 5.74) is 2.31. The van der Waals surface area contributed by atoms with E-state index >= 15 is 0 Å². The molecule has 12 nitrogen and oxygen atoms in total. The van der Waals surface area contributed by atoms with Crippen LogP contribution in [0.5, 0.6) is 0 Å². The maximum absolute atomic E-state index is 13.4. The van der Waals surface area contributed by atoms with Gasteiger partial charge in [0.2, 0.25) is 11.8 Å². The molecule has 2 aromatic heterocycles. The smallest absolute Gasteiger partial charge is 0.261 e. The van der Waals surface area contributed by atoms with E-state index < -0.39 is 33.8 Å². The number of amides is 3. The van der Waals surface area contributed by atoms with Crippen molar-refractivity contribution in [3.8, 4) is 0 Å². The Balaban J connectivity index is 1.12. The van der Waals surface area contributed by atoms with Crippen LogP contribution in [0.1, 0.15) is 59.1 Å². The van der Waals surface area contributed by atoms with E-state index in [-0.39, 0.29) is 29.4 Å². The van der Waals surface area contributed by atoms with Crippen LogP contribution in [0, 0.1) is 6.92 Å². The maximum Gasteiger partial charge on any atom is 0.261 e. The highest BCUT2D eigenvalue weighted by atomic mass is 35.5. The molecular formula is C36H38Cl2N6O6S. The lowest BCUT2D eigenvalue weighted by molar-refractivity contribution is -0.139. The molecule has 51 heavy (non-hydrogen) atoms. The Hall–Kier alpha value is -4.85. The summed E-state index contributed by atoms with van der Waals surface area (Å²) in [4.78, 5) is 43.7. The Kier molecular flexibility index (Phi) is 12.8. The van der Waals surface area contributed by atoms with E-state index in [0.29, 0.717) is 58.9 Å². The molecule has 0 bridgehead atoms. The fraction of sp³-hybridized carbons (Fsp3) is 0.278. The average Bonchev–Trinajstić information content (AvgIpc) is 3.74. The molecule has 1 atom stereocenters. The second kappa shape index (κ2) is 17.4. The molecule has 0 radical (unpaired) electrons. The van der Waals surface area contributed by atoms with Crippen molar-refractivity contribution in [2.75, 3.05) is 23.7 Å². The van der Waals surface area contributed by atoms with E-state index in [9.17, 15) is 22.8 Å². The summed E-state index contributed by atoms with van der Waals surface area (Å²) in [5.74, 6) is -1.01. The number of halogens is 2. The Morgan fingerprint density at radius 2 is 1.71 bits per heavy atom. The highest BCUT2D eigenvalue weighted by Crippen LogP contribution is 2.30. The van der Waals surface area contributed by atoms with E-state index in [1.165, 1.54) is 23.1 Å². The van der Waals surface area contributed by atoms with Crippen molar-refractivity contribution in [3.05, 3.63) is 113 Å². The number of anilines is 1. The first-order valence-corrected chi connectivity index (χ1v) is 18.7. The van der Waals surface area contributed by atoms with Gasteiger partial charge in [0.1, 0.15) is 17.3 Å². The first-order chi connectivity index (χ1) is 24.6. The Bertz CT molecular complexity index is 2090. The number of rotatable bonds is 17. The summed E-state index contributed by atoms with van der Waals surface area (Å²) in [6, 6.07) is 20.9. The number of aryl methyl sites for hydroxylation is 1. The molecule has 3 amide bonds. The van der Waals surface area contributed by atoms with Crippen molar-refractivity contribution in [1.82, 2.24) is 25.7 Å². The molecule has 5 aromatic rings. The van der Waals surface area contributed by atoms with E-state index in [4.69, 9.17) is 27.7 Å². The lowest BCUT2D eigenvalue weighted by Gasteiger charge is -2.29. The normalized spacial score (nSPS) is 12.0. The third-order valence-electron chi connectivity index (χ3n) is 8.16. The van der Waals surface area contributed by atoms with Crippen LogP contribution < -0.4 is 15.4 Å². The molecule has 2 heterocycles. The minimum atomic E-state index is -4.01. The largest absolute Gasteiger partial charge is 0.361 e. The Morgan fingerprint density at radius 3 is 2.45 bits per heavy atom. The second-order valence-corrected chi connectivity index (χ2v) is 14.2. The quantitative estimate of drug-likeness (QED) is 0.0636.